The normalized spacial score (nSPS) is 24.2. The lowest BCUT2D eigenvalue weighted by atomic mass is 9.86. The first-order valence-electron chi connectivity index (χ1n) is 7.26. The quantitative estimate of drug-likeness (QED) is 0.873. The van der Waals surface area contributed by atoms with Crippen molar-refractivity contribution in [3.05, 3.63) is 18.0 Å². The fourth-order valence-electron chi connectivity index (χ4n) is 3.04. The van der Waals surface area contributed by atoms with Gasteiger partial charge >= 0.3 is 0 Å². The highest BCUT2D eigenvalue weighted by atomic mass is 32.2. The summed E-state index contributed by atoms with van der Waals surface area (Å²) < 4.78 is 26.9. The van der Waals surface area contributed by atoms with Crippen LogP contribution in [0.25, 0.3) is 0 Å². The zero-order valence-electron chi connectivity index (χ0n) is 12.5. The van der Waals surface area contributed by atoms with Gasteiger partial charge in [0, 0.05) is 31.5 Å². The van der Waals surface area contributed by atoms with Crippen molar-refractivity contribution in [2.75, 3.05) is 14.1 Å². The summed E-state index contributed by atoms with van der Waals surface area (Å²) in [6.45, 7) is 2.79. The van der Waals surface area contributed by atoms with Crippen LogP contribution in [0.15, 0.2) is 17.2 Å². The Morgan fingerprint density at radius 3 is 2.75 bits per heavy atom. The van der Waals surface area contributed by atoms with Crippen molar-refractivity contribution in [3.8, 4) is 0 Å². The highest BCUT2D eigenvalue weighted by Gasteiger charge is 2.33. The number of hydrogen-bond donors (Lipinski definition) is 2. The van der Waals surface area contributed by atoms with Crippen molar-refractivity contribution in [2.24, 2.45) is 5.92 Å². The van der Waals surface area contributed by atoms with Crippen molar-refractivity contribution in [1.82, 2.24) is 14.6 Å². The maximum atomic E-state index is 12.7. The highest BCUT2D eigenvalue weighted by Crippen LogP contribution is 2.30. The van der Waals surface area contributed by atoms with Gasteiger partial charge in [0.2, 0.25) is 10.0 Å². The van der Waals surface area contributed by atoms with E-state index in [0.717, 1.165) is 25.0 Å². The van der Waals surface area contributed by atoms with E-state index in [4.69, 9.17) is 0 Å². The summed E-state index contributed by atoms with van der Waals surface area (Å²) >= 11 is 0. The van der Waals surface area contributed by atoms with Crippen molar-refractivity contribution < 1.29 is 8.42 Å². The average Bonchev–Trinajstić information content (AvgIpc) is 2.88. The molecule has 1 saturated carbocycles. The number of aromatic amines is 1. The maximum absolute atomic E-state index is 12.7. The molecule has 1 aliphatic rings. The molecule has 0 amide bonds. The van der Waals surface area contributed by atoms with E-state index in [-0.39, 0.29) is 6.04 Å². The van der Waals surface area contributed by atoms with Crippen molar-refractivity contribution >= 4 is 10.0 Å². The molecule has 0 saturated heterocycles. The van der Waals surface area contributed by atoms with Crippen LogP contribution < -0.4 is 5.32 Å². The number of nitrogens with zero attached hydrogens (tertiary/aromatic N) is 1. The maximum Gasteiger partial charge on any atom is 0.244 e. The van der Waals surface area contributed by atoms with Crippen LogP contribution in [-0.2, 0) is 16.6 Å². The van der Waals surface area contributed by atoms with Crippen molar-refractivity contribution in [3.63, 3.8) is 0 Å². The Morgan fingerprint density at radius 2 is 2.10 bits per heavy atom. The van der Waals surface area contributed by atoms with E-state index in [9.17, 15) is 8.42 Å². The van der Waals surface area contributed by atoms with Gasteiger partial charge in [-0.05, 0) is 31.9 Å². The van der Waals surface area contributed by atoms with Gasteiger partial charge in [0.1, 0.15) is 0 Å². The Balaban J connectivity index is 2.19. The number of rotatable bonds is 5. The standard InChI is InChI=1S/C14H25N3O2S/c1-11-6-4-5-7-14(11)17(3)20(18,19)13-8-12(9-15-2)16-10-13/h8,10-11,14-16H,4-7,9H2,1-3H3. The van der Waals surface area contributed by atoms with Gasteiger partial charge < -0.3 is 10.3 Å². The first-order chi connectivity index (χ1) is 9.46. The predicted molar refractivity (Wildman–Crippen MR) is 79.9 cm³/mol. The van der Waals surface area contributed by atoms with E-state index in [1.807, 2.05) is 7.05 Å². The Kier molecular flexibility index (Phi) is 4.88. The summed E-state index contributed by atoms with van der Waals surface area (Å²) in [6.07, 6.45) is 5.99. The van der Waals surface area contributed by atoms with E-state index < -0.39 is 10.0 Å². The summed E-state index contributed by atoms with van der Waals surface area (Å²) in [6, 6.07) is 1.84. The third-order valence-corrected chi connectivity index (χ3v) is 6.15. The second-order valence-electron chi connectivity index (χ2n) is 5.74. The number of aromatic nitrogens is 1. The SMILES string of the molecule is CNCc1cc(S(=O)(=O)N(C)C2CCCCC2C)c[nH]1. The van der Waals surface area contributed by atoms with Gasteiger partial charge in [0.25, 0.3) is 0 Å². The fourth-order valence-corrected chi connectivity index (χ4v) is 4.54. The van der Waals surface area contributed by atoms with Crippen LogP contribution in [0.3, 0.4) is 0 Å². The molecule has 1 aliphatic carbocycles. The molecule has 2 unspecified atom stereocenters. The van der Waals surface area contributed by atoms with Gasteiger partial charge in [-0.25, -0.2) is 8.42 Å². The van der Waals surface area contributed by atoms with Gasteiger partial charge in [-0.3, -0.25) is 0 Å². The lowest BCUT2D eigenvalue weighted by Gasteiger charge is -2.35. The van der Waals surface area contributed by atoms with Crippen LogP contribution in [0.5, 0.6) is 0 Å². The Hall–Kier alpha value is -0.850. The van der Waals surface area contributed by atoms with Crippen molar-refractivity contribution in [2.45, 2.75) is 50.1 Å². The zero-order chi connectivity index (χ0) is 14.8. The van der Waals surface area contributed by atoms with Crippen LogP contribution >= 0.6 is 0 Å². The van der Waals surface area contributed by atoms with E-state index in [1.54, 1.807) is 23.6 Å². The first-order valence-corrected chi connectivity index (χ1v) is 8.70. The Labute approximate surface area is 121 Å². The molecular weight excluding hydrogens is 274 g/mol. The Bertz CT molecular complexity index is 538. The summed E-state index contributed by atoms with van der Waals surface area (Å²) in [5.74, 6) is 0.430. The summed E-state index contributed by atoms with van der Waals surface area (Å²) in [4.78, 5) is 3.38. The second-order valence-corrected chi connectivity index (χ2v) is 7.74. The highest BCUT2D eigenvalue weighted by molar-refractivity contribution is 7.89. The number of sulfonamides is 1. The number of hydrogen-bond acceptors (Lipinski definition) is 3. The molecule has 1 aromatic heterocycles. The van der Waals surface area contributed by atoms with Crippen LogP contribution in [0.4, 0.5) is 0 Å². The molecule has 1 fully saturated rings. The number of nitrogens with one attached hydrogen (secondary N) is 2. The molecule has 2 N–H and O–H groups in total. The smallest absolute Gasteiger partial charge is 0.244 e. The molecule has 20 heavy (non-hydrogen) atoms. The molecule has 0 aromatic carbocycles. The summed E-state index contributed by atoms with van der Waals surface area (Å²) in [5, 5.41) is 3.01. The van der Waals surface area contributed by atoms with E-state index in [0.29, 0.717) is 17.4 Å². The van der Waals surface area contributed by atoms with Gasteiger partial charge in [0.15, 0.2) is 0 Å². The lowest BCUT2D eigenvalue weighted by molar-refractivity contribution is 0.213. The molecule has 0 spiro atoms. The minimum Gasteiger partial charge on any atom is -0.363 e. The minimum atomic E-state index is -3.39. The molecule has 2 rings (SSSR count). The van der Waals surface area contributed by atoms with Crippen LogP contribution in [0, 0.1) is 5.92 Å². The van der Waals surface area contributed by atoms with Crippen LogP contribution in [0.1, 0.15) is 38.3 Å². The summed E-state index contributed by atoms with van der Waals surface area (Å²) in [7, 11) is 0.158. The third kappa shape index (κ3) is 3.07. The second kappa shape index (κ2) is 6.28. The van der Waals surface area contributed by atoms with Gasteiger partial charge in [0.05, 0.1) is 4.90 Å². The monoisotopic (exact) mass is 299 g/mol. The third-order valence-electron chi connectivity index (χ3n) is 4.29. The molecule has 0 radical (unpaired) electrons. The fraction of sp³-hybridized carbons (Fsp3) is 0.714. The molecule has 6 heteroatoms. The topological polar surface area (TPSA) is 65.2 Å². The molecule has 1 aromatic rings. The molecule has 2 atom stereocenters. The van der Waals surface area contributed by atoms with E-state index in [1.165, 1.54) is 6.42 Å². The molecule has 114 valence electrons. The van der Waals surface area contributed by atoms with Gasteiger partial charge in [-0.1, -0.05) is 19.8 Å². The van der Waals surface area contributed by atoms with Crippen LogP contribution in [-0.4, -0.2) is 37.8 Å². The molecule has 0 aliphatic heterocycles. The Morgan fingerprint density at radius 1 is 1.40 bits per heavy atom. The van der Waals surface area contributed by atoms with Gasteiger partial charge in [-0.15, -0.1) is 0 Å². The molecular formula is C14H25N3O2S. The van der Waals surface area contributed by atoms with Gasteiger partial charge in [-0.2, -0.15) is 4.31 Å². The van der Waals surface area contributed by atoms with E-state index >= 15 is 0 Å². The predicted octanol–water partition coefficient (Wildman–Crippen LogP) is 1.93. The molecule has 1 heterocycles. The van der Waals surface area contributed by atoms with Crippen LogP contribution in [0.2, 0.25) is 0 Å². The lowest BCUT2D eigenvalue weighted by Crippen LogP contribution is -2.42. The average molecular weight is 299 g/mol. The largest absolute Gasteiger partial charge is 0.363 e. The number of H-pyrrole nitrogens is 1. The van der Waals surface area contributed by atoms with E-state index in [2.05, 4.69) is 17.2 Å². The minimum absolute atomic E-state index is 0.122. The molecule has 0 bridgehead atoms. The first kappa shape index (κ1) is 15.5. The van der Waals surface area contributed by atoms with Crippen molar-refractivity contribution in [1.29, 1.82) is 0 Å². The molecule has 5 nitrogen and oxygen atoms in total. The summed E-state index contributed by atoms with van der Waals surface area (Å²) in [5.41, 5.74) is 0.885. The zero-order valence-corrected chi connectivity index (χ0v) is 13.3.